The molecule has 0 bridgehead atoms. The van der Waals surface area contributed by atoms with Crippen LogP contribution in [0.2, 0.25) is 0 Å². The zero-order valence-corrected chi connectivity index (χ0v) is 11.8. The molecule has 0 aromatic heterocycles. The van der Waals surface area contributed by atoms with Gasteiger partial charge < -0.3 is 4.90 Å². The SMILES string of the molecule is CC(CCc1ccccc1)N1Cc2ccccc2C1=N. The van der Waals surface area contributed by atoms with Crippen LogP contribution in [0.1, 0.15) is 30.0 Å². The Labute approximate surface area is 120 Å². The molecule has 0 saturated carbocycles. The second kappa shape index (κ2) is 5.49. The summed E-state index contributed by atoms with van der Waals surface area (Å²) >= 11 is 0. The second-order valence-electron chi connectivity index (χ2n) is 5.51. The summed E-state index contributed by atoms with van der Waals surface area (Å²) in [5, 5.41) is 8.33. The number of hydrogen-bond acceptors (Lipinski definition) is 1. The van der Waals surface area contributed by atoms with Gasteiger partial charge in [0.25, 0.3) is 0 Å². The molecule has 1 unspecified atom stereocenters. The van der Waals surface area contributed by atoms with Gasteiger partial charge in [-0.1, -0.05) is 54.6 Å². The average molecular weight is 264 g/mol. The van der Waals surface area contributed by atoms with Gasteiger partial charge in [-0.05, 0) is 30.9 Å². The van der Waals surface area contributed by atoms with E-state index in [1.165, 1.54) is 11.1 Å². The Kier molecular flexibility index (Phi) is 3.55. The molecule has 1 aliphatic rings. The number of nitrogens with one attached hydrogen (secondary N) is 1. The molecule has 1 N–H and O–H groups in total. The molecular formula is C18H20N2. The van der Waals surface area contributed by atoms with Gasteiger partial charge in [-0.25, -0.2) is 0 Å². The smallest absolute Gasteiger partial charge is 0.128 e. The molecule has 0 spiro atoms. The van der Waals surface area contributed by atoms with E-state index in [0.717, 1.165) is 24.9 Å². The van der Waals surface area contributed by atoms with Crippen molar-refractivity contribution in [2.24, 2.45) is 0 Å². The van der Waals surface area contributed by atoms with Crippen molar-refractivity contribution in [3.8, 4) is 0 Å². The highest BCUT2D eigenvalue weighted by Gasteiger charge is 2.26. The van der Waals surface area contributed by atoms with Crippen LogP contribution in [0.25, 0.3) is 0 Å². The normalized spacial score (nSPS) is 15.2. The van der Waals surface area contributed by atoms with Crippen molar-refractivity contribution in [3.63, 3.8) is 0 Å². The number of rotatable bonds is 4. The minimum absolute atomic E-state index is 0.398. The fraction of sp³-hybridized carbons (Fsp3) is 0.278. The summed E-state index contributed by atoms with van der Waals surface area (Å²) in [5.41, 5.74) is 3.76. The van der Waals surface area contributed by atoms with Crippen molar-refractivity contribution in [1.82, 2.24) is 4.90 Å². The van der Waals surface area contributed by atoms with Crippen molar-refractivity contribution in [2.75, 3.05) is 0 Å². The quantitative estimate of drug-likeness (QED) is 0.892. The minimum Gasteiger partial charge on any atom is -0.350 e. The maximum atomic E-state index is 8.33. The molecule has 2 aromatic carbocycles. The Morgan fingerprint density at radius 2 is 1.75 bits per heavy atom. The molecule has 1 aliphatic heterocycles. The highest BCUT2D eigenvalue weighted by molar-refractivity contribution is 6.00. The monoisotopic (exact) mass is 264 g/mol. The second-order valence-corrected chi connectivity index (χ2v) is 5.51. The minimum atomic E-state index is 0.398. The van der Waals surface area contributed by atoms with Gasteiger partial charge in [-0.2, -0.15) is 0 Å². The summed E-state index contributed by atoms with van der Waals surface area (Å²) in [4.78, 5) is 2.22. The Morgan fingerprint density at radius 3 is 2.50 bits per heavy atom. The van der Waals surface area contributed by atoms with Crippen LogP contribution in [0.5, 0.6) is 0 Å². The third-order valence-electron chi connectivity index (χ3n) is 4.13. The van der Waals surface area contributed by atoms with Crippen molar-refractivity contribution < 1.29 is 0 Å². The lowest BCUT2D eigenvalue weighted by Crippen LogP contribution is -2.33. The van der Waals surface area contributed by atoms with E-state index in [0.29, 0.717) is 11.9 Å². The molecule has 3 rings (SSSR count). The average Bonchev–Trinajstić information content (AvgIpc) is 2.84. The van der Waals surface area contributed by atoms with E-state index in [1.54, 1.807) is 0 Å². The first kappa shape index (κ1) is 12.9. The lowest BCUT2D eigenvalue weighted by atomic mass is 10.1. The summed E-state index contributed by atoms with van der Waals surface area (Å²) < 4.78 is 0. The Hall–Kier alpha value is -2.09. The van der Waals surface area contributed by atoms with Gasteiger partial charge in [0.1, 0.15) is 5.84 Å². The van der Waals surface area contributed by atoms with Crippen LogP contribution in [-0.4, -0.2) is 16.8 Å². The molecule has 2 heteroatoms. The van der Waals surface area contributed by atoms with Crippen LogP contribution in [0.4, 0.5) is 0 Å². The standard InChI is InChI=1S/C18H20N2/c1-14(11-12-15-7-3-2-4-8-15)20-13-16-9-5-6-10-17(16)18(20)19/h2-10,14,19H,11-13H2,1H3. The van der Waals surface area contributed by atoms with Gasteiger partial charge in [0, 0.05) is 18.2 Å². The Balaban J connectivity index is 1.65. The molecule has 2 nitrogen and oxygen atoms in total. The van der Waals surface area contributed by atoms with Crippen molar-refractivity contribution in [2.45, 2.75) is 32.4 Å². The number of hydrogen-bond donors (Lipinski definition) is 1. The van der Waals surface area contributed by atoms with E-state index in [4.69, 9.17) is 5.41 Å². The maximum Gasteiger partial charge on any atom is 0.128 e. The molecule has 0 aliphatic carbocycles. The number of amidine groups is 1. The Morgan fingerprint density at radius 1 is 1.05 bits per heavy atom. The highest BCUT2D eigenvalue weighted by Crippen LogP contribution is 2.25. The zero-order valence-electron chi connectivity index (χ0n) is 11.8. The van der Waals surface area contributed by atoms with Gasteiger partial charge in [-0.15, -0.1) is 0 Å². The van der Waals surface area contributed by atoms with Crippen LogP contribution in [0.3, 0.4) is 0 Å². The summed E-state index contributed by atoms with van der Waals surface area (Å²) in [7, 11) is 0. The van der Waals surface area contributed by atoms with E-state index in [-0.39, 0.29) is 0 Å². The molecular weight excluding hydrogens is 244 g/mol. The van der Waals surface area contributed by atoms with Crippen LogP contribution in [0, 0.1) is 5.41 Å². The third kappa shape index (κ3) is 2.46. The van der Waals surface area contributed by atoms with Crippen LogP contribution in [0.15, 0.2) is 54.6 Å². The topological polar surface area (TPSA) is 27.1 Å². The molecule has 102 valence electrons. The molecule has 20 heavy (non-hydrogen) atoms. The van der Waals surface area contributed by atoms with E-state index >= 15 is 0 Å². The fourth-order valence-corrected chi connectivity index (χ4v) is 2.86. The van der Waals surface area contributed by atoms with E-state index in [2.05, 4.69) is 60.4 Å². The first-order chi connectivity index (χ1) is 9.75. The van der Waals surface area contributed by atoms with E-state index in [9.17, 15) is 0 Å². The highest BCUT2D eigenvalue weighted by atomic mass is 15.2. The predicted molar refractivity (Wildman–Crippen MR) is 83.0 cm³/mol. The fourth-order valence-electron chi connectivity index (χ4n) is 2.86. The predicted octanol–water partition coefficient (Wildman–Crippen LogP) is 3.85. The van der Waals surface area contributed by atoms with E-state index in [1.807, 2.05) is 6.07 Å². The maximum absolute atomic E-state index is 8.33. The van der Waals surface area contributed by atoms with Crippen molar-refractivity contribution >= 4 is 5.84 Å². The van der Waals surface area contributed by atoms with Gasteiger partial charge in [-0.3, -0.25) is 5.41 Å². The number of fused-ring (bicyclic) bond motifs is 1. The zero-order chi connectivity index (χ0) is 13.9. The summed E-state index contributed by atoms with van der Waals surface area (Å²) in [6.45, 7) is 3.11. The molecule has 1 heterocycles. The molecule has 2 aromatic rings. The number of benzene rings is 2. The molecule has 0 radical (unpaired) electrons. The first-order valence-corrected chi connectivity index (χ1v) is 7.23. The number of aryl methyl sites for hydroxylation is 1. The van der Waals surface area contributed by atoms with Crippen molar-refractivity contribution in [3.05, 3.63) is 71.3 Å². The lowest BCUT2D eigenvalue weighted by Gasteiger charge is -2.26. The first-order valence-electron chi connectivity index (χ1n) is 7.23. The van der Waals surface area contributed by atoms with Crippen LogP contribution in [-0.2, 0) is 13.0 Å². The molecule has 1 atom stereocenters. The van der Waals surface area contributed by atoms with E-state index < -0.39 is 0 Å². The molecule has 0 saturated heterocycles. The van der Waals surface area contributed by atoms with Crippen LogP contribution >= 0.6 is 0 Å². The van der Waals surface area contributed by atoms with Crippen molar-refractivity contribution in [1.29, 1.82) is 5.41 Å². The summed E-state index contributed by atoms with van der Waals surface area (Å²) in [6.07, 6.45) is 2.16. The number of nitrogens with zero attached hydrogens (tertiary/aromatic N) is 1. The Bertz CT molecular complexity index is 604. The third-order valence-corrected chi connectivity index (χ3v) is 4.13. The summed E-state index contributed by atoms with van der Waals surface area (Å²) in [5.74, 6) is 0.682. The van der Waals surface area contributed by atoms with Gasteiger partial charge in [0.05, 0.1) is 0 Å². The molecule has 0 fully saturated rings. The lowest BCUT2D eigenvalue weighted by molar-refractivity contribution is 0.318. The van der Waals surface area contributed by atoms with Gasteiger partial charge in [0.2, 0.25) is 0 Å². The van der Waals surface area contributed by atoms with Gasteiger partial charge >= 0.3 is 0 Å². The largest absolute Gasteiger partial charge is 0.350 e. The van der Waals surface area contributed by atoms with Crippen LogP contribution < -0.4 is 0 Å². The molecule has 0 amide bonds. The summed E-state index contributed by atoms with van der Waals surface area (Å²) in [6, 6.07) is 19.3. The van der Waals surface area contributed by atoms with Gasteiger partial charge in [0.15, 0.2) is 0 Å².